The van der Waals surface area contributed by atoms with Crippen LogP contribution < -0.4 is 10.0 Å². The Hall–Kier alpha value is -0.690. The summed E-state index contributed by atoms with van der Waals surface area (Å²) in [6.07, 6.45) is 8.19. The summed E-state index contributed by atoms with van der Waals surface area (Å²) < 4.78 is 6.43. The Balaban J connectivity index is 1.47. The predicted octanol–water partition coefficient (Wildman–Crippen LogP) is 0.294. The number of fused-ring (bicyclic) bond motifs is 3. The van der Waals surface area contributed by atoms with Crippen molar-refractivity contribution in [2.45, 2.75) is 115 Å². The van der Waals surface area contributed by atoms with Gasteiger partial charge in [-0.15, -0.1) is 0 Å². The molecule has 0 aromatic carbocycles. The number of rotatable bonds is 5. The van der Waals surface area contributed by atoms with Crippen molar-refractivity contribution in [3.8, 4) is 0 Å². The van der Waals surface area contributed by atoms with Crippen LogP contribution >= 0.6 is 0 Å². The van der Waals surface area contributed by atoms with Gasteiger partial charge < -0.3 is 29.8 Å². The van der Waals surface area contributed by atoms with Gasteiger partial charge in [-0.25, -0.2) is 0 Å². The number of aliphatic hydroxyl groups excluding tert-OH is 1. The van der Waals surface area contributed by atoms with Crippen LogP contribution in [0, 0.1) is 23.7 Å². The van der Waals surface area contributed by atoms with Gasteiger partial charge >= 0.3 is 0 Å². The highest BCUT2D eigenvalue weighted by Gasteiger charge is 2.53. The van der Waals surface area contributed by atoms with E-state index in [1.54, 1.807) is 0 Å². The number of piperidine rings is 1. The number of ether oxygens (including phenoxy) is 1. The molecule has 2 heterocycles. The van der Waals surface area contributed by atoms with Crippen LogP contribution in [0.4, 0.5) is 0 Å². The highest BCUT2D eigenvalue weighted by atomic mass is 16.5. The third-order valence-corrected chi connectivity index (χ3v) is 8.90. The van der Waals surface area contributed by atoms with Crippen molar-refractivity contribution in [3.63, 3.8) is 0 Å². The fourth-order valence-electron chi connectivity index (χ4n) is 7.12. The van der Waals surface area contributed by atoms with E-state index >= 15 is 0 Å². The largest absolute Gasteiger partial charge is 0.544 e. The fraction of sp³-hybridized carbons (Fsp3) is 0.958. The molecule has 0 aromatic heterocycles. The number of carboxylic acid groups (broad SMARTS) is 1. The Labute approximate surface area is 181 Å². The molecule has 2 saturated heterocycles. The van der Waals surface area contributed by atoms with Crippen molar-refractivity contribution < 1.29 is 29.8 Å². The van der Waals surface area contributed by atoms with Crippen LogP contribution in [0.2, 0.25) is 0 Å². The summed E-state index contributed by atoms with van der Waals surface area (Å²) in [4.78, 5) is 13.4. The van der Waals surface area contributed by atoms with Crippen LogP contribution in [0.15, 0.2) is 0 Å². The second-order valence-electron chi connectivity index (χ2n) is 11.4. The maximum atomic E-state index is 12.2. The van der Waals surface area contributed by atoms with Crippen LogP contribution in [0.3, 0.4) is 0 Å². The number of carbonyl (C=O) groups excluding carboxylic acids is 1. The normalized spacial score (nSPS) is 45.4. The molecule has 4 aliphatic rings. The summed E-state index contributed by atoms with van der Waals surface area (Å²) in [6.45, 7) is 6.70. The van der Waals surface area contributed by atoms with E-state index in [-0.39, 0.29) is 18.3 Å². The lowest BCUT2D eigenvalue weighted by molar-refractivity contribution is -0.952. The first-order valence-corrected chi connectivity index (χ1v) is 12.3. The standard InChI is InChI=1S/C24H41NO5/c1-14-10-16-6-7-17-12-21(24(2,3)29)30-22(17)19(16)13-25(14)20(23(27)28)11-15-4-8-18(26)9-5-15/h14-22,26,29H,4-13H2,1-3H3,(H,27,28). The van der Waals surface area contributed by atoms with Gasteiger partial charge in [0.1, 0.15) is 6.04 Å². The number of carbonyl (C=O) groups is 1. The van der Waals surface area contributed by atoms with Crippen molar-refractivity contribution in [3.05, 3.63) is 0 Å². The fourth-order valence-corrected chi connectivity index (χ4v) is 7.12. The minimum absolute atomic E-state index is 0.125. The van der Waals surface area contributed by atoms with Gasteiger partial charge in [0, 0.05) is 18.8 Å². The molecule has 2 saturated carbocycles. The Morgan fingerprint density at radius 2 is 1.80 bits per heavy atom. The van der Waals surface area contributed by atoms with Gasteiger partial charge in [0.15, 0.2) is 0 Å². The average Bonchev–Trinajstić information content (AvgIpc) is 3.12. The number of aliphatic hydroxyl groups is 2. The molecule has 8 atom stereocenters. The summed E-state index contributed by atoms with van der Waals surface area (Å²) in [5.41, 5.74) is -0.833. The molecule has 0 radical (unpaired) electrons. The topological polar surface area (TPSA) is 94.3 Å². The number of aliphatic carboxylic acids is 1. The zero-order chi connectivity index (χ0) is 21.6. The molecule has 2 aliphatic carbocycles. The number of hydrogen-bond donors (Lipinski definition) is 3. The Morgan fingerprint density at radius 3 is 2.43 bits per heavy atom. The first kappa shape index (κ1) is 22.5. The average molecular weight is 424 g/mol. The smallest absolute Gasteiger partial charge is 0.128 e. The summed E-state index contributed by atoms with van der Waals surface area (Å²) in [5.74, 6) is 0.902. The summed E-state index contributed by atoms with van der Waals surface area (Å²) in [5, 5.41) is 32.5. The van der Waals surface area contributed by atoms with Crippen LogP contribution in [0.25, 0.3) is 0 Å². The molecule has 0 bridgehead atoms. The second-order valence-corrected chi connectivity index (χ2v) is 11.4. The van der Waals surface area contributed by atoms with Gasteiger partial charge in [0.05, 0.1) is 42.5 Å². The van der Waals surface area contributed by atoms with Gasteiger partial charge in [-0.3, -0.25) is 0 Å². The van der Waals surface area contributed by atoms with E-state index in [9.17, 15) is 20.1 Å². The van der Waals surface area contributed by atoms with Crippen molar-refractivity contribution in [1.82, 2.24) is 0 Å². The van der Waals surface area contributed by atoms with E-state index in [0.29, 0.717) is 36.1 Å². The molecule has 6 nitrogen and oxygen atoms in total. The lowest BCUT2D eigenvalue weighted by atomic mass is 9.67. The quantitative estimate of drug-likeness (QED) is 0.591. The Morgan fingerprint density at radius 1 is 1.13 bits per heavy atom. The first-order chi connectivity index (χ1) is 14.1. The number of likely N-dealkylation sites (tertiary alicyclic amines) is 1. The molecule has 0 amide bonds. The van der Waals surface area contributed by atoms with Crippen LogP contribution in [-0.4, -0.2) is 58.7 Å². The molecule has 6 heteroatoms. The SMILES string of the molecule is CC1CC2CCC3CC(C(C)(C)O)OC3C2C[NH+]1C(CC1CCC(O)CC1)C(=O)[O-]. The van der Waals surface area contributed by atoms with Crippen molar-refractivity contribution >= 4 is 5.97 Å². The molecular formula is C24H41NO5. The van der Waals surface area contributed by atoms with Crippen molar-refractivity contribution in [2.75, 3.05) is 6.54 Å². The minimum Gasteiger partial charge on any atom is -0.544 e. The summed E-state index contributed by atoms with van der Waals surface area (Å²) in [7, 11) is 0. The van der Waals surface area contributed by atoms with Crippen LogP contribution in [0.1, 0.15) is 78.6 Å². The monoisotopic (exact) mass is 423 g/mol. The minimum atomic E-state index is -0.921. The molecule has 2 aliphatic heterocycles. The molecule has 3 N–H and O–H groups in total. The molecule has 4 rings (SSSR count). The first-order valence-electron chi connectivity index (χ1n) is 12.3. The van der Waals surface area contributed by atoms with E-state index < -0.39 is 17.6 Å². The van der Waals surface area contributed by atoms with Crippen LogP contribution in [0.5, 0.6) is 0 Å². The maximum Gasteiger partial charge on any atom is 0.128 e. The maximum absolute atomic E-state index is 12.2. The van der Waals surface area contributed by atoms with E-state index in [4.69, 9.17) is 4.74 Å². The lowest BCUT2D eigenvalue weighted by Crippen LogP contribution is -3.22. The third-order valence-electron chi connectivity index (χ3n) is 8.90. The second kappa shape index (κ2) is 8.68. The highest BCUT2D eigenvalue weighted by molar-refractivity contribution is 5.69. The molecule has 8 unspecified atom stereocenters. The van der Waals surface area contributed by atoms with E-state index in [2.05, 4.69) is 6.92 Å². The Bertz CT molecular complexity index is 611. The summed E-state index contributed by atoms with van der Waals surface area (Å²) >= 11 is 0. The Kier molecular flexibility index (Phi) is 6.51. The number of quaternary nitrogens is 1. The van der Waals surface area contributed by atoms with Gasteiger partial charge in [-0.05, 0) is 83.5 Å². The van der Waals surface area contributed by atoms with E-state index in [1.165, 1.54) is 11.3 Å². The molecule has 0 aromatic rings. The molecule has 0 spiro atoms. The number of hydrogen-bond acceptors (Lipinski definition) is 5. The van der Waals surface area contributed by atoms with Gasteiger partial charge in [0.25, 0.3) is 0 Å². The predicted molar refractivity (Wildman–Crippen MR) is 111 cm³/mol. The van der Waals surface area contributed by atoms with E-state index in [0.717, 1.165) is 51.5 Å². The zero-order valence-electron chi connectivity index (χ0n) is 18.9. The van der Waals surface area contributed by atoms with Gasteiger partial charge in [0.2, 0.25) is 0 Å². The van der Waals surface area contributed by atoms with Gasteiger partial charge in [-0.1, -0.05) is 0 Å². The highest BCUT2D eigenvalue weighted by Crippen LogP contribution is 2.47. The van der Waals surface area contributed by atoms with Gasteiger partial charge in [-0.2, -0.15) is 0 Å². The third kappa shape index (κ3) is 4.57. The summed E-state index contributed by atoms with van der Waals surface area (Å²) in [6, 6.07) is -0.167. The number of nitrogens with one attached hydrogen (secondary N) is 1. The van der Waals surface area contributed by atoms with Crippen LogP contribution in [-0.2, 0) is 9.53 Å². The zero-order valence-corrected chi connectivity index (χ0v) is 18.9. The molecule has 4 fully saturated rings. The molecular weight excluding hydrogens is 382 g/mol. The van der Waals surface area contributed by atoms with Crippen molar-refractivity contribution in [1.29, 1.82) is 0 Å². The lowest BCUT2D eigenvalue weighted by Gasteiger charge is -2.49. The van der Waals surface area contributed by atoms with E-state index in [1.807, 2.05) is 13.8 Å². The number of carboxylic acids is 1. The molecule has 30 heavy (non-hydrogen) atoms. The molecule has 172 valence electrons. The van der Waals surface area contributed by atoms with Crippen molar-refractivity contribution in [2.24, 2.45) is 23.7 Å².